The Hall–Kier alpha value is -2.74. The van der Waals surface area contributed by atoms with Gasteiger partial charge in [0.1, 0.15) is 5.75 Å². The van der Waals surface area contributed by atoms with E-state index < -0.39 is 39.8 Å². The smallest absolute Gasteiger partial charge is 0.432 e. The molecule has 0 aliphatic carbocycles. The maximum Gasteiger partial charge on any atom is 0.441 e. The van der Waals surface area contributed by atoms with Crippen molar-refractivity contribution in [3.63, 3.8) is 0 Å². The van der Waals surface area contributed by atoms with Crippen LogP contribution >= 0.6 is 0 Å². The van der Waals surface area contributed by atoms with E-state index in [1.54, 1.807) is 18.2 Å². The molecular weight excluding hydrogens is 492 g/mol. The molecule has 200 valence electrons. The Balaban J connectivity index is 1.88. The molecule has 2 aliphatic rings. The fourth-order valence-corrected chi connectivity index (χ4v) is 5.33. The van der Waals surface area contributed by atoms with Gasteiger partial charge < -0.3 is 19.2 Å². The van der Waals surface area contributed by atoms with Crippen LogP contribution in [0, 0.1) is 0 Å². The standard InChI is InChI=1S/C23H34N4O8S/c1-3-24(4-2)11-13-27-23(30)26(12-10-25-14-16-33-17-15-25)20(34-21(28)22(29)35-27)18-36(31,32)19-8-6-5-7-9-19/h5-9,20H,3-4,10-18H2,1-2H3. The van der Waals surface area contributed by atoms with Gasteiger partial charge >= 0.3 is 18.0 Å². The second-order valence-electron chi connectivity index (χ2n) is 8.39. The summed E-state index contributed by atoms with van der Waals surface area (Å²) in [6.45, 7) is 8.59. The third kappa shape index (κ3) is 7.38. The van der Waals surface area contributed by atoms with Crippen LogP contribution < -0.4 is 0 Å². The monoisotopic (exact) mass is 526 g/mol. The number of benzene rings is 1. The maximum absolute atomic E-state index is 13.6. The Kier molecular flexibility index (Phi) is 10.0. The van der Waals surface area contributed by atoms with Crippen LogP contribution in [0.25, 0.3) is 0 Å². The summed E-state index contributed by atoms with van der Waals surface area (Å²) in [5.41, 5.74) is 0. The van der Waals surface area contributed by atoms with E-state index >= 15 is 0 Å². The quantitative estimate of drug-likeness (QED) is 0.292. The topological polar surface area (TPSA) is 126 Å². The molecule has 0 aromatic heterocycles. The number of hydrogen-bond donors (Lipinski definition) is 0. The van der Waals surface area contributed by atoms with E-state index in [1.165, 1.54) is 12.1 Å². The van der Waals surface area contributed by atoms with Crippen LogP contribution in [0.2, 0.25) is 0 Å². The number of sulfone groups is 1. The molecule has 12 nitrogen and oxygen atoms in total. The third-order valence-electron chi connectivity index (χ3n) is 6.15. The summed E-state index contributed by atoms with van der Waals surface area (Å²) in [6, 6.07) is 6.92. The molecule has 1 aromatic rings. The van der Waals surface area contributed by atoms with Crippen LogP contribution in [0.4, 0.5) is 4.79 Å². The van der Waals surface area contributed by atoms with Crippen LogP contribution in [-0.4, -0.2) is 124 Å². The number of amides is 2. The molecule has 0 spiro atoms. The molecule has 2 fully saturated rings. The highest BCUT2D eigenvalue weighted by Crippen LogP contribution is 2.19. The molecule has 1 aromatic carbocycles. The number of cyclic esters (lactones) is 1. The van der Waals surface area contributed by atoms with Crippen molar-refractivity contribution in [2.45, 2.75) is 25.0 Å². The van der Waals surface area contributed by atoms with Crippen molar-refractivity contribution in [1.29, 1.82) is 0 Å². The molecule has 0 radical (unpaired) electrons. The molecule has 2 amide bonds. The highest BCUT2D eigenvalue weighted by atomic mass is 32.2. The molecule has 1 atom stereocenters. The lowest BCUT2D eigenvalue weighted by Gasteiger charge is -2.38. The van der Waals surface area contributed by atoms with Gasteiger partial charge in [-0.1, -0.05) is 32.0 Å². The zero-order valence-corrected chi connectivity index (χ0v) is 21.5. The second kappa shape index (κ2) is 13.0. The number of urea groups is 1. The number of hydrogen-bond acceptors (Lipinski definition) is 10. The fourth-order valence-electron chi connectivity index (χ4n) is 3.94. The lowest BCUT2D eigenvalue weighted by atomic mass is 10.3. The Morgan fingerprint density at radius 3 is 2.25 bits per heavy atom. The molecule has 0 saturated carbocycles. The lowest BCUT2D eigenvalue weighted by Crippen LogP contribution is -2.58. The van der Waals surface area contributed by atoms with E-state index in [9.17, 15) is 22.8 Å². The van der Waals surface area contributed by atoms with Gasteiger partial charge in [0.25, 0.3) is 0 Å². The zero-order chi connectivity index (χ0) is 26.1. The van der Waals surface area contributed by atoms with Crippen LogP contribution in [0.3, 0.4) is 0 Å². The SMILES string of the molecule is CCN(CC)CCN1OC(=O)C(=O)OC(CS(=O)(=O)c2ccccc2)N(CCN2CCOCC2)C1=O. The summed E-state index contributed by atoms with van der Waals surface area (Å²) in [6.07, 6.45) is -1.51. The predicted octanol–water partition coefficient (Wildman–Crippen LogP) is 0.199. The first kappa shape index (κ1) is 27.8. The maximum atomic E-state index is 13.6. The second-order valence-corrected chi connectivity index (χ2v) is 10.4. The van der Waals surface area contributed by atoms with Crippen molar-refractivity contribution in [1.82, 2.24) is 19.8 Å². The number of nitrogens with zero attached hydrogens (tertiary/aromatic N) is 4. The van der Waals surface area contributed by atoms with Gasteiger partial charge in [-0.3, -0.25) is 9.80 Å². The lowest BCUT2D eigenvalue weighted by molar-refractivity contribution is -0.204. The van der Waals surface area contributed by atoms with Crippen molar-refractivity contribution in [3.05, 3.63) is 30.3 Å². The van der Waals surface area contributed by atoms with Crippen molar-refractivity contribution in [2.24, 2.45) is 0 Å². The van der Waals surface area contributed by atoms with Crippen LogP contribution in [-0.2, 0) is 33.7 Å². The Morgan fingerprint density at radius 2 is 1.61 bits per heavy atom. The number of esters is 1. The van der Waals surface area contributed by atoms with Gasteiger partial charge in [-0.25, -0.2) is 22.8 Å². The van der Waals surface area contributed by atoms with Crippen LogP contribution in [0.15, 0.2) is 35.2 Å². The minimum absolute atomic E-state index is 0.00570. The normalized spacial score (nSPS) is 20.2. The zero-order valence-electron chi connectivity index (χ0n) is 20.7. The summed E-state index contributed by atoms with van der Waals surface area (Å²) in [7, 11) is -3.96. The number of carbonyl (C=O) groups is 3. The molecule has 36 heavy (non-hydrogen) atoms. The van der Waals surface area contributed by atoms with E-state index in [4.69, 9.17) is 14.3 Å². The number of likely N-dealkylation sites (N-methyl/N-ethyl adjacent to an activating group) is 1. The first-order chi connectivity index (χ1) is 17.2. The van der Waals surface area contributed by atoms with Crippen molar-refractivity contribution < 1.29 is 37.1 Å². The van der Waals surface area contributed by atoms with Crippen LogP contribution in [0.1, 0.15) is 13.8 Å². The largest absolute Gasteiger partial charge is 0.441 e. The number of rotatable bonds is 11. The number of ether oxygens (including phenoxy) is 2. The van der Waals surface area contributed by atoms with E-state index in [0.29, 0.717) is 52.5 Å². The Labute approximate surface area is 211 Å². The molecule has 2 saturated heterocycles. The Morgan fingerprint density at radius 1 is 0.944 bits per heavy atom. The van der Waals surface area contributed by atoms with E-state index in [-0.39, 0.29) is 18.0 Å². The number of carbonyl (C=O) groups excluding carboxylic acids is 3. The first-order valence-electron chi connectivity index (χ1n) is 12.1. The van der Waals surface area contributed by atoms with Gasteiger partial charge in [0.05, 0.1) is 24.7 Å². The van der Waals surface area contributed by atoms with Gasteiger partial charge in [-0.15, -0.1) is 0 Å². The van der Waals surface area contributed by atoms with Gasteiger partial charge in [0.15, 0.2) is 16.1 Å². The third-order valence-corrected chi connectivity index (χ3v) is 7.86. The average molecular weight is 527 g/mol. The van der Waals surface area contributed by atoms with Gasteiger partial charge in [0, 0.05) is 32.7 Å². The highest BCUT2D eigenvalue weighted by molar-refractivity contribution is 7.91. The fraction of sp³-hybridized carbons (Fsp3) is 0.609. The van der Waals surface area contributed by atoms with Gasteiger partial charge in [0.2, 0.25) is 0 Å². The molecule has 3 rings (SSSR count). The summed E-state index contributed by atoms with van der Waals surface area (Å²) in [5, 5.41) is 0.822. The summed E-state index contributed by atoms with van der Waals surface area (Å²) in [4.78, 5) is 48.7. The number of morpholine rings is 1. The molecule has 2 heterocycles. The number of hydroxylamine groups is 2. The molecular formula is C23H34N4O8S. The molecule has 2 aliphatic heterocycles. The summed E-state index contributed by atoms with van der Waals surface area (Å²) in [5.74, 6) is -3.44. The van der Waals surface area contributed by atoms with Crippen LogP contribution in [0.5, 0.6) is 0 Å². The summed E-state index contributed by atoms with van der Waals surface area (Å²) < 4.78 is 36.8. The van der Waals surface area contributed by atoms with Crippen molar-refractivity contribution in [3.8, 4) is 0 Å². The molecule has 0 N–H and O–H groups in total. The minimum atomic E-state index is -3.96. The van der Waals surface area contributed by atoms with E-state index in [2.05, 4.69) is 4.90 Å². The first-order valence-corrected chi connectivity index (χ1v) is 13.7. The van der Waals surface area contributed by atoms with Crippen molar-refractivity contribution in [2.75, 3.05) is 71.3 Å². The van der Waals surface area contributed by atoms with E-state index in [0.717, 1.165) is 9.96 Å². The predicted molar refractivity (Wildman–Crippen MR) is 128 cm³/mol. The van der Waals surface area contributed by atoms with Gasteiger partial charge in [-0.2, -0.15) is 5.06 Å². The molecule has 1 unspecified atom stereocenters. The minimum Gasteiger partial charge on any atom is -0.432 e. The van der Waals surface area contributed by atoms with Gasteiger partial charge in [-0.05, 0) is 25.2 Å². The molecule has 13 heteroatoms. The summed E-state index contributed by atoms with van der Waals surface area (Å²) >= 11 is 0. The highest BCUT2D eigenvalue weighted by Gasteiger charge is 2.41. The Bertz CT molecular complexity index is 997. The average Bonchev–Trinajstić information content (AvgIpc) is 2.88. The van der Waals surface area contributed by atoms with Crippen molar-refractivity contribution >= 4 is 27.8 Å². The molecule has 0 bridgehead atoms. The van der Waals surface area contributed by atoms with E-state index in [1.807, 2.05) is 18.7 Å².